The molecular formula is C8H5F3N2O2S. The molecule has 8 heteroatoms. The fraction of sp³-hybridized carbons (Fsp3) is 0.125. The van der Waals surface area contributed by atoms with Gasteiger partial charge in [-0.05, 0) is 12.1 Å². The van der Waals surface area contributed by atoms with Gasteiger partial charge in [-0.2, -0.15) is 13.2 Å². The molecular weight excluding hydrogens is 245 g/mol. The molecule has 0 heterocycles. The number of non-ortho nitro benzene ring substituents is 1. The van der Waals surface area contributed by atoms with E-state index in [9.17, 15) is 23.3 Å². The molecule has 0 radical (unpaired) electrons. The molecule has 0 amide bonds. The van der Waals surface area contributed by atoms with E-state index in [-0.39, 0.29) is 11.4 Å². The van der Waals surface area contributed by atoms with Crippen LogP contribution in [0.1, 0.15) is 0 Å². The molecule has 0 aliphatic carbocycles. The number of benzene rings is 1. The van der Waals surface area contributed by atoms with Crippen LogP contribution in [-0.2, 0) is 0 Å². The zero-order valence-corrected chi connectivity index (χ0v) is 8.43. The number of nitrogens with one attached hydrogen (secondary N) is 1. The van der Waals surface area contributed by atoms with Gasteiger partial charge in [0.1, 0.15) is 0 Å². The van der Waals surface area contributed by atoms with E-state index in [4.69, 9.17) is 0 Å². The smallest absolute Gasteiger partial charge is 0.342 e. The van der Waals surface area contributed by atoms with Crippen LogP contribution < -0.4 is 5.32 Å². The van der Waals surface area contributed by atoms with Gasteiger partial charge in [0.25, 0.3) is 5.69 Å². The van der Waals surface area contributed by atoms with Crippen LogP contribution >= 0.6 is 12.2 Å². The van der Waals surface area contributed by atoms with Crippen molar-refractivity contribution >= 4 is 28.6 Å². The molecule has 0 saturated heterocycles. The first-order valence-corrected chi connectivity index (χ1v) is 4.34. The van der Waals surface area contributed by atoms with E-state index in [0.717, 1.165) is 24.3 Å². The summed E-state index contributed by atoms with van der Waals surface area (Å²) in [7, 11) is 0. The number of nitro groups is 1. The third-order valence-electron chi connectivity index (χ3n) is 1.59. The summed E-state index contributed by atoms with van der Waals surface area (Å²) in [5.74, 6) is 0. The number of thiocarbonyl (C=S) groups is 1. The van der Waals surface area contributed by atoms with E-state index in [1.807, 2.05) is 5.32 Å². The van der Waals surface area contributed by atoms with Crippen LogP contribution in [0.5, 0.6) is 0 Å². The average molecular weight is 250 g/mol. The lowest BCUT2D eigenvalue weighted by atomic mass is 10.3. The van der Waals surface area contributed by atoms with Crippen molar-refractivity contribution < 1.29 is 18.1 Å². The maximum atomic E-state index is 12.0. The predicted molar refractivity (Wildman–Crippen MR) is 55.4 cm³/mol. The molecule has 0 aliphatic rings. The Balaban J connectivity index is 2.77. The molecule has 1 aromatic carbocycles. The van der Waals surface area contributed by atoms with Crippen molar-refractivity contribution in [3.8, 4) is 0 Å². The molecule has 1 aromatic rings. The molecule has 0 spiro atoms. The summed E-state index contributed by atoms with van der Waals surface area (Å²) in [5.41, 5.74) is -0.156. The highest BCUT2D eigenvalue weighted by molar-refractivity contribution is 7.80. The van der Waals surface area contributed by atoms with Crippen molar-refractivity contribution in [2.45, 2.75) is 6.18 Å². The second kappa shape index (κ2) is 4.44. The first-order chi connectivity index (χ1) is 7.30. The number of nitro benzene ring substituents is 1. The van der Waals surface area contributed by atoms with Gasteiger partial charge >= 0.3 is 6.18 Å². The number of alkyl halides is 3. The predicted octanol–water partition coefficient (Wildman–Crippen LogP) is 2.90. The average Bonchev–Trinajstić information content (AvgIpc) is 2.17. The zero-order valence-electron chi connectivity index (χ0n) is 7.62. The molecule has 16 heavy (non-hydrogen) atoms. The van der Waals surface area contributed by atoms with Gasteiger partial charge in [0, 0.05) is 17.8 Å². The summed E-state index contributed by atoms with van der Waals surface area (Å²) in [6.45, 7) is 0. The largest absolute Gasteiger partial charge is 0.441 e. The van der Waals surface area contributed by atoms with Gasteiger partial charge in [0.15, 0.2) is 4.99 Å². The molecule has 0 aliphatic heterocycles. The maximum absolute atomic E-state index is 12.0. The first-order valence-electron chi connectivity index (χ1n) is 3.93. The Hall–Kier alpha value is -1.70. The van der Waals surface area contributed by atoms with E-state index >= 15 is 0 Å². The van der Waals surface area contributed by atoms with Gasteiger partial charge < -0.3 is 5.32 Å². The number of nitrogens with zero attached hydrogens (tertiary/aromatic N) is 1. The van der Waals surface area contributed by atoms with Crippen LogP contribution in [0.15, 0.2) is 24.3 Å². The van der Waals surface area contributed by atoms with Crippen LogP contribution in [0.3, 0.4) is 0 Å². The van der Waals surface area contributed by atoms with E-state index < -0.39 is 16.1 Å². The first kappa shape index (κ1) is 12.4. The summed E-state index contributed by atoms with van der Waals surface area (Å²) >= 11 is 4.09. The number of hydrogen-bond donors (Lipinski definition) is 1. The second-order valence-corrected chi connectivity index (χ2v) is 3.16. The van der Waals surface area contributed by atoms with E-state index in [2.05, 4.69) is 12.2 Å². The Morgan fingerprint density at radius 2 is 1.81 bits per heavy atom. The molecule has 1 N–H and O–H groups in total. The highest BCUT2D eigenvalue weighted by atomic mass is 32.1. The van der Waals surface area contributed by atoms with Crippen molar-refractivity contribution in [2.75, 3.05) is 5.32 Å². The Bertz CT molecular complexity index is 416. The third-order valence-corrected chi connectivity index (χ3v) is 1.93. The van der Waals surface area contributed by atoms with Gasteiger partial charge in [-0.15, -0.1) is 0 Å². The lowest BCUT2D eigenvalue weighted by Crippen LogP contribution is -2.27. The minimum absolute atomic E-state index is 0.0490. The lowest BCUT2D eigenvalue weighted by Gasteiger charge is -2.10. The number of hydrogen-bond acceptors (Lipinski definition) is 3. The number of rotatable bonds is 2. The number of halogens is 3. The standard InChI is InChI=1S/C8H5F3N2O2S/c9-8(10,11)7(16)12-5-1-3-6(4-2-5)13(14)15/h1-4H,(H,12,16). The zero-order chi connectivity index (χ0) is 12.3. The number of anilines is 1. The molecule has 0 unspecified atom stereocenters. The fourth-order valence-electron chi connectivity index (χ4n) is 0.868. The van der Waals surface area contributed by atoms with Gasteiger partial charge in [-0.25, -0.2) is 0 Å². The molecule has 0 fully saturated rings. The topological polar surface area (TPSA) is 55.2 Å². The highest BCUT2D eigenvalue weighted by Crippen LogP contribution is 2.21. The van der Waals surface area contributed by atoms with Crippen LogP contribution in [0, 0.1) is 10.1 Å². The molecule has 0 saturated carbocycles. The Morgan fingerprint density at radius 1 is 1.31 bits per heavy atom. The van der Waals surface area contributed by atoms with Gasteiger partial charge in [0.2, 0.25) is 0 Å². The SMILES string of the molecule is O=[N+]([O-])c1ccc(NC(=S)C(F)(F)F)cc1. The van der Waals surface area contributed by atoms with Crippen LogP contribution in [0.2, 0.25) is 0 Å². The third kappa shape index (κ3) is 3.16. The minimum Gasteiger partial charge on any atom is -0.342 e. The van der Waals surface area contributed by atoms with Crippen LogP contribution in [-0.4, -0.2) is 16.1 Å². The van der Waals surface area contributed by atoms with Gasteiger partial charge in [-0.3, -0.25) is 10.1 Å². The Kier molecular flexibility index (Phi) is 3.43. The normalized spacial score (nSPS) is 10.9. The van der Waals surface area contributed by atoms with Crippen molar-refractivity contribution in [1.82, 2.24) is 0 Å². The second-order valence-electron chi connectivity index (χ2n) is 2.76. The molecule has 0 bridgehead atoms. The van der Waals surface area contributed by atoms with Crippen LogP contribution in [0.25, 0.3) is 0 Å². The molecule has 0 aromatic heterocycles. The molecule has 1 rings (SSSR count). The quantitative estimate of drug-likeness (QED) is 0.498. The summed E-state index contributed by atoms with van der Waals surface area (Å²) in [5, 5.41) is 12.2. The summed E-state index contributed by atoms with van der Waals surface area (Å²) in [6.07, 6.45) is -4.61. The molecule has 4 nitrogen and oxygen atoms in total. The minimum atomic E-state index is -4.61. The summed E-state index contributed by atoms with van der Waals surface area (Å²) in [4.78, 5) is 8.34. The van der Waals surface area contributed by atoms with E-state index in [1.54, 1.807) is 0 Å². The van der Waals surface area contributed by atoms with E-state index in [0.29, 0.717) is 0 Å². The van der Waals surface area contributed by atoms with Crippen LogP contribution in [0.4, 0.5) is 24.5 Å². The van der Waals surface area contributed by atoms with Crippen molar-refractivity contribution in [3.63, 3.8) is 0 Å². The van der Waals surface area contributed by atoms with E-state index in [1.165, 1.54) is 0 Å². The molecule has 86 valence electrons. The highest BCUT2D eigenvalue weighted by Gasteiger charge is 2.34. The van der Waals surface area contributed by atoms with Crippen molar-refractivity contribution in [1.29, 1.82) is 0 Å². The summed E-state index contributed by atoms with van der Waals surface area (Å²) in [6, 6.07) is 4.47. The summed E-state index contributed by atoms with van der Waals surface area (Å²) < 4.78 is 36.1. The fourth-order valence-corrected chi connectivity index (χ4v) is 0.986. The van der Waals surface area contributed by atoms with Crippen molar-refractivity contribution in [3.05, 3.63) is 34.4 Å². The lowest BCUT2D eigenvalue weighted by molar-refractivity contribution is -0.384. The van der Waals surface area contributed by atoms with Gasteiger partial charge in [-0.1, -0.05) is 12.2 Å². The maximum Gasteiger partial charge on any atom is 0.441 e. The Labute approximate surface area is 93.2 Å². The Morgan fingerprint density at radius 3 is 2.19 bits per heavy atom. The monoisotopic (exact) mass is 250 g/mol. The molecule has 0 atom stereocenters. The van der Waals surface area contributed by atoms with Gasteiger partial charge in [0.05, 0.1) is 4.92 Å². The van der Waals surface area contributed by atoms with Crippen molar-refractivity contribution in [2.24, 2.45) is 0 Å².